The molecule has 0 radical (unpaired) electrons. The van der Waals surface area contributed by atoms with E-state index < -0.39 is 0 Å². The molecule has 2 amide bonds. The van der Waals surface area contributed by atoms with Gasteiger partial charge in [-0.2, -0.15) is 0 Å². The van der Waals surface area contributed by atoms with E-state index in [1.54, 1.807) is 34.1 Å². The number of benzene rings is 2. The van der Waals surface area contributed by atoms with E-state index in [4.69, 9.17) is 0 Å². The minimum atomic E-state index is -0.325. The molecule has 0 saturated carbocycles. The summed E-state index contributed by atoms with van der Waals surface area (Å²) in [6.45, 7) is 1.59. The number of carbonyl (C=O) groups is 1. The van der Waals surface area contributed by atoms with E-state index in [9.17, 15) is 13.6 Å². The molecule has 1 fully saturated rings. The van der Waals surface area contributed by atoms with Crippen molar-refractivity contribution in [1.82, 2.24) is 4.90 Å². The third-order valence-electron chi connectivity index (χ3n) is 3.52. The molecule has 5 heteroatoms. The smallest absolute Gasteiger partial charge is 0.318 e. The van der Waals surface area contributed by atoms with Crippen LogP contribution in [0.5, 0.6) is 0 Å². The lowest BCUT2D eigenvalue weighted by Crippen LogP contribution is -2.31. The highest BCUT2D eigenvalue weighted by atomic mass is 19.1. The molecule has 0 atom stereocenters. The molecule has 1 saturated heterocycles. The van der Waals surface area contributed by atoms with Crippen molar-refractivity contribution >= 4 is 11.7 Å². The molecule has 0 aromatic heterocycles. The largest absolute Gasteiger partial charge is 0.324 e. The predicted octanol–water partition coefficient (Wildman–Crippen LogP) is 3.41. The molecule has 3 nitrogen and oxygen atoms in total. The first-order valence-electron chi connectivity index (χ1n) is 6.70. The Morgan fingerprint density at radius 1 is 0.857 bits per heavy atom. The molecule has 0 unspecified atom stereocenters. The van der Waals surface area contributed by atoms with Crippen molar-refractivity contribution in [3.05, 3.63) is 65.7 Å². The topological polar surface area (TPSA) is 23.6 Å². The van der Waals surface area contributed by atoms with Crippen molar-refractivity contribution < 1.29 is 13.6 Å². The van der Waals surface area contributed by atoms with Crippen LogP contribution in [0.1, 0.15) is 5.56 Å². The Morgan fingerprint density at radius 2 is 1.43 bits per heavy atom. The highest BCUT2D eigenvalue weighted by Crippen LogP contribution is 2.22. The summed E-state index contributed by atoms with van der Waals surface area (Å²) in [4.78, 5) is 15.7. The number of amides is 2. The highest BCUT2D eigenvalue weighted by molar-refractivity contribution is 5.94. The summed E-state index contributed by atoms with van der Waals surface area (Å²) in [7, 11) is 0. The highest BCUT2D eigenvalue weighted by Gasteiger charge is 2.29. The van der Waals surface area contributed by atoms with Gasteiger partial charge in [-0.15, -0.1) is 0 Å². The Kier molecular flexibility index (Phi) is 3.56. The maximum atomic E-state index is 12.9. The van der Waals surface area contributed by atoms with E-state index in [0.29, 0.717) is 25.3 Å². The van der Waals surface area contributed by atoms with Gasteiger partial charge in [0, 0.05) is 25.3 Å². The summed E-state index contributed by atoms with van der Waals surface area (Å²) in [6, 6.07) is 11.8. The van der Waals surface area contributed by atoms with Gasteiger partial charge in [-0.25, -0.2) is 13.6 Å². The van der Waals surface area contributed by atoms with Crippen LogP contribution < -0.4 is 4.90 Å². The zero-order valence-electron chi connectivity index (χ0n) is 11.3. The van der Waals surface area contributed by atoms with Gasteiger partial charge in [0.25, 0.3) is 0 Å². The summed E-state index contributed by atoms with van der Waals surface area (Å²) in [6.07, 6.45) is 0. The van der Waals surface area contributed by atoms with Gasteiger partial charge >= 0.3 is 6.03 Å². The quantitative estimate of drug-likeness (QED) is 0.849. The van der Waals surface area contributed by atoms with Gasteiger partial charge in [-0.1, -0.05) is 12.1 Å². The fourth-order valence-corrected chi connectivity index (χ4v) is 2.40. The zero-order valence-corrected chi connectivity index (χ0v) is 11.3. The van der Waals surface area contributed by atoms with Crippen LogP contribution in [0.3, 0.4) is 0 Å². The van der Waals surface area contributed by atoms with Gasteiger partial charge in [0.1, 0.15) is 11.6 Å². The third kappa shape index (κ3) is 2.86. The second-order valence-corrected chi connectivity index (χ2v) is 4.96. The molecular weight excluding hydrogens is 274 g/mol. The van der Waals surface area contributed by atoms with Crippen LogP contribution >= 0.6 is 0 Å². The number of rotatable bonds is 3. The second kappa shape index (κ2) is 5.52. The number of halogens is 2. The lowest BCUT2D eigenvalue weighted by Gasteiger charge is -2.18. The number of urea groups is 1. The summed E-state index contributed by atoms with van der Waals surface area (Å²) in [5.41, 5.74) is 1.56. The van der Waals surface area contributed by atoms with E-state index in [-0.39, 0.29) is 17.7 Å². The minimum absolute atomic E-state index is 0.120. The van der Waals surface area contributed by atoms with E-state index in [0.717, 1.165) is 5.56 Å². The van der Waals surface area contributed by atoms with Crippen LogP contribution in [-0.2, 0) is 6.54 Å². The molecule has 2 aromatic carbocycles. The Morgan fingerprint density at radius 3 is 2.05 bits per heavy atom. The van der Waals surface area contributed by atoms with Gasteiger partial charge in [-0.05, 0) is 42.0 Å². The van der Waals surface area contributed by atoms with Crippen molar-refractivity contribution in [3.8, 4) is 0 Å². The second-order valence-electron chi connectivity index (χ2n) is 4.96. The van der Waals surface area contributed by atoms with Crippen LogP contribution in [-0.4, -0.2) is 24.0 Å². The Bertz CT molecular complexity index is 640. The molecule has 1 aliphatic rings. The Balaban J connectivity index is 1.71. The van der Waals surface area contributed by atoms with Crippen LogP contribution in [0.15, 0.2) is 48.5 Å². The number of anilines is 1. The SMILES string of the molecule is O=C1N(Cc2ccc(F)cc2)CCN1c1ccc(F)cc1. The van der Waals surface area contributed by atoms with Gasteiger partial charge in [-0.3, -0.25) is 4.90 Å². The normalized spacial score (nSPS) is 14.9. The van der Waals surface area contributed by atoms with Gasteiger partial charge < -0.3 is 4.90 Å². The molecule has 1 heterocycles. The summed E-state index contributed by atoms with van der Waals surface area (Å²) < 4.78 is 25.8. The Hall–Kier alpha value is -2.43. The van der Waals surface area contributed by atoms with Crippen molar-refractivity contribution in [3.63, 3.8) is 0 Å². The summed E-state index contributed by atoms with van der Waals surface area (Å²) in [5, 5.41) is 0. The van der Waals surface area contributed by atoms with Gasteiger partial charge in [0.2, 0.25) is 0 Å². The zero-order chi connectivity index (χ0) is 14.8. The molecular formula is C16H14F2N2O. The lowest BCUT2D eigenvalue weighted by molar-refractivity contribution is 0.219. The van der Waals surface area contributed by atoms with Crippen LogP contribution in [0.4, 0.5) is 19.3 Å². The molecule has 3 rings (SSSR count). The number of carbonyl (C=O) groups excluding carboxylic acids is 1. The molecule has 0 bridgehead atoms. The van der Waals surface area contributed by atoms with Crippen molar-refractivity contribution in [2.24, 2.45) is 0 Å². The maximum absolute atomic E-state index is 12.9. The van der Waals surface area contributed by atoms with Crippen LogP contribution in [0.25, 0.3) is 0 Å². The molecule has 21 heavy (non-hydrogen) atoms. The first-order chi connectivity index (χ1) is 10.1. The van der Waals surface area contributed by atoms with E-state index in [2.05, 4.69) is 0 Å². The van der Waals surface area contributed by atoms with Crippen molar-refractivity contribution in [2.75, 3.05) is 18.0 Å². The first kappa shape index (κ1) is 13.5. The van der Waals surface area contributed by atoms with Crippen LogP contribution in [0.2, 0.25) is 0 Å². The molecule has 0 spiro atoms. The third-order valence-corrected chi connectivity index (χ3v) is 3.52. The number of nitrogens with zero attached hydrogens (tertiary/aromatic N) is 2. The monoisotopic (exact) mass is 288 g/mol. The Labute approximate surface area is 121 Å². The standard InChI is InChI=1S/C16H14F2N2O/c17-13-3-1-12(2-4-13)11-19-9-10-20(16(19)21)15-7-5-14(18)6-8-15/h1-8H,9-11H2. The van der Waals surface area contributed by atoms with Gasteiger partial charge in [0.15, 0.2) is 0 Å². The average molecular weight is 288 g/mol. The first-order valence-corrected chi connectivity index (χ1v) is 6.70. The van der Waals surface area contributed by atoms with Gasteiger partial charge in [0.05, 0.1) is 0 Å². The molecule has 1 aliphatic heterocycles. The number of hydrogen-bond donors (Lipinski definition) is 0. The molecule has 108 valence electrons. The molecule has 0 aliphatic carbocycles. The summed E-state index contributed by atoms with van der Waals surface area (Å²) in [5.74, 6) is -0.618. The minimum Gasteiger partial charge on any atom is -0.318 e. The van der Waals surface area contributed by atoms with E-state index in [1.807, 2.05) is 0 Å². The fraction of sp³-hybridized carbons (Fsp3) is 0.188. The predicted molar refractivity (Wildman–Crippen MR) is 76.0 cm³/mol. The van der Waals surface area contributed by atoms with Crippen molar-refractivity contribution in [2.45, 2.75) is 6.54 Å². The fourth-order valence-electron chi connectivity index (χ4n) is 2.40. The lowest BCUT2D eigenvalue weighted by atomic mass is 10.2. The van der Waals surface area contributed by atoms with E-state index >= 15 is 0 Å². The maximum Gasteiger partial charge on any atom is 0.324 e. The average Bonchev–Trinajstić information content (AvgIpc) is 2.84. The number of hydrogen-bond acceptors (Lipinski definition) is 1. The molecule has 0 N–H and O–H groups in total. The molecule has 2 aromatic rings. The summed E-state index contributed by atoms with van der Waals surface area (Å²) >= 11 is 0. The van der Waals surface area contributed by atoms with Crippen LogP contribution in [0, 0.1) is 11.6 Å². The van der Waals surface area contributed by atoms with E-state index in [1.165, 1.54) is 24.3 Å². The van der Waals surface area contributed by atoms with Crippen molar-refractivity contribution in [1.29, 1.82) is 0 Å².